The van der Waals surface area contributed by atoms with Crippen LogP contribution in [0.15, 0.2) is 18.2 Å². The minimum Gasteiger partial charge on any atom is -0.465 e. The summed E-state index contributed by atoms with van der Waals surface area (Å²) >= 11 is 0. The fourth-order valence-corrected chi connectivity index (χ4v) is 1.63. The third kappa shape index (κ3) is 3.94. The lowest BCUT2D eigenvalue weighted by molar-refractivity contribution is -0.119. The normalized spacial score (nSPS) is 13.4. The summed E-state index contributed by atoms with van der Waals surface area (Å²) in [6.07, 6.45) is -2.46. The number of nitrogens with two attached hydrogens (primary N) is 1. The zero-order chi connectivity index (χ0) is 15.3. The zero-order valence-electron chi connectivity index (χ0n) is 11.3. The first kappa shape index (κ1) is 15.9. The summed E-state index contributed by atoms with van der Waals surface area (Å²) in [5.41, 5.74) is 6.26. The van der Waals surface area contributed by atoms with E-state index in [2.05, 4.69) is 10.1 Å². The van der Waals surface area contributed by atoms with Crippen LogP contribution in [0.4, 0.5) is 5.69 Å². The number of ether oxygens (including phenoxy) is 1. The third-order valence-electron chi connectivity index (χ3n) is 2.75. The number of carbonyl (C=O) groups excluding carboxylic acids is 2. The lowest BCUT2D eigenvalue weighted by atomic mass is 10.0. The van der Waals surface area contributed by atoms with Gasteiger partial charge in [-0.25, -0.2) is 4.79 Å². The second kappa shape index (κ2) is 6.88. The molecular formula is C13H18N2O5. The number of esters is 1. The average Bonchev–Trinajstić information content (AvgIpc) is 2.43. The number of nitrogens with one attached hydrogen (secondary N) is 1. The molecule has 0 heterocycles. The van der Waals surface area contributed by atoms with E-state index in [4.69, 9.17) is 5.73 Å². The van der Waals surface area contributed by atoms with Gasteiger partial charge in [-0.2, -0.15) is 0 Å². The molecular weight excluding hydrogens is 264 g/mol. The van der Waals surface area contributed by atoms with Crippen LogP contribution in [0.3, 0.4) is 0 Å². The van der Waals surface area contributed by atoms with Gasteiger partial charge < -0.3 is 26.0 Å². The molecule has 0 aromatic heterocycles. The maximum atomic E-state index is 11.5. The van der Waals surface area contributed by atoms with Crippen LogP contribution in [-0.2, 0) is 9.53 Å². The molecule has 0 spiro atoms. The van der Waals surface area contributed by atoms with Gasteiger partial charge in [-0.1, -0.05) is 6.07 Å². The van der Waals surface area contributed by atoms with Crippen molar-refractivity contribution in [2.75, 3.05) is 19.4 Å². The fraction of sp³-hybridized carbons (Fsp3) is 0.385. The van der Waals surface area contributed by atoms with Gasteiger partial charge in [0.2, 0.25) is 5.91 Å². The molecule has 20 heavy (non-hydrogen) atoms. The number of anilines is 1. The molecule has 0 aliphatic rings. The second-order valence-electron chi connectivity index (χ2n) is 4.29. The highest BCUT2D eigenvalue weighted by atomic mass is 16.5. The van der Waals surface area contributed by atoms with Crippen molar-refractivity contribution in [1.82, 2.24) is 5.32 Å². The van der Waals surface area contributed by atoms with Crippen LogP contribution in [0.1, 0.15) is 28.9 Å². The van der Waals surface area contributed by atoms with Gasteiger partial charge in [0.1, 0.15) is 12.2 Å². The molecule has 0 aliphatic heterocycles. The number of aliphatic hydroxyl groups excluding tert-OH is 2. The van der Waals surface area contributed by atoms with Crippen LogP contribution in [0.25, 0.3) is 0 Å². The molecule has 5 N–H and O–H groups in total. The highest BCUT2D eigenvalue weighted by molar-refractivity contribution is 5.95. The van der Waals surface area contributed by atoms with E-state index in [1.165, 1.54) is 32.2 Å². The SMILES string of the molecule is COC(=O)c1cc(C(O)C(O)CNC(C)=O)ccc1N. The third-order valence-corrected chi connectivity index (χ3v) is 2.75. The Bertz CT molecular complexity index is 504. The highest BCUT2D eigenvalue weighted by Crippen LogP contribution is 2.22. The molecule has 1 amide bonds. The molecule has 2 unspecified atom stereocenters. The Morgan fingerprint density at radius 2 is 2.05 bits per heavy atom. The Kier molecular flexibility index (Phi) is 5.48. The van der Waals surface area contributed by atoms with Crippen LogP contribution < -0.4 is 11.1 Å². The second-order valence-corrected chi connectivity index (χ2v) is 4.29. The van der Waals surface area contributed by atoms with E-state index in [0.29, 0.717) is 5.56 Å². The van der Waals surface area contributed by atoms with Crippen molar-refractivity contribution < 1.29 is 24.5 Å². The number of hydrogen-bond acceptors (Lipinski definition) is 6. The molecule has 0 fully saturated rings. The number of methoxy groups -OCH3 is 1. The number of aliphatic hydroxyl groups is 2. The number of nitrogen functional groups attached to an aromatic ring is 1. The van der Waals surface area contributed by atoms with Crippen molar-refractivity contribution in [3.8, 4) is 0 Å². The van der Waals surface area contributed by atoms with Gasteiger partial charge in [0.05, 0.1) is 12.7 Å². The van der Waals surface area contributed by atoms with Gasteiger partial charge in [0.15, 0.2) is 0 Å². The van der Waals surface area contributed by atoms with Gasteiger partial charge >= 0.3 is 5.97 Å². The molecule has 7 nitrogen and oxygen atoms in total. The summed E-state index contributed by atoms with van der Waals surface area (Å²) in [6.45, 7) is 1.20. The molecule has 2 atom stereocenters. The van der Waals surface area contributed by atoms with Crippen molar-refractivity contribution in [1.29, 1.82) is 0 Å². The topological polar surface area (TPSA) is 122 Å². The Hall–Kier alpha value is -2.12. The van der Waals surface area contributed by atoms with Crippen molar-refractivity contribution >= 4 is 17.6 Å². The van der Waals surface area contributed by atoms with E-state index >= 15 is 0 Å². The van der Waals surface area contributed by atoms with Crippen LogP contribution in [0.5, 0.6) is 0 Å². The quantitative estimate of drug-likeness (QED) is 0.430. The number of hydrogen-bond donors (Lipinski definition) is 4. The predicted molar refractivity (Wildman–Crippen MR) is 71.8 cm³/mol. The molecule has 1 aromatic rings. The first-order chi connectivity index (χ1) is 9.36. The lowest BCUT2D eigenvalue weighted by Gasteiger charge is -2.19. The van der Waals surface area contributed by atoms with Gasteiger partial charge in [-0.3, -0.25) is 4.79 Å². The summed E-state index contributed by atoms with van der Waals surface area (Å²) in [5, 5.41) is 22.1. The molecule has 1 rings (SSSR count). The van der Waals surface area contributed by atoms with E-state index in [9.17, 15) is 19.8 Å². The Morgan fingerprint density at radius 3 is 2.60 bits per heavy atom. The minimum absolute atomic E-state index is 0.103. The van der Waals surface area contributed by atoms with Crippen LogP contribution in [-0.4, -0.2) is 41.8 Å². The van der Waals surface area contributed by atoms with Crippen LogP contribution in [0.2, 0.25) is 0 Å². The van der Waals surface area contributed by atoms with Gasteiger partial charge in [-0.05, 0) is 17.7 Å². The number of amides is 1. The van der Waals surface area contributed by atoms with Crippen LogP contribution >= 0.6 is 0 Å². The monoisotopic (exact) mass is 282 g/mol. The number of benzene rings is 1. The number of rotatable bonds is 5. The first-order valence-electron chi connectivity index (χ1n) is 5.95. The summed E-state index contributed by atoms with van der Waals surface area (Å²) in [4.78, 5) is 22.2. The average molecular weight is 282 g/mol. The van der Waals surface area contributed by atoms with E-state index in [0.717, 1.165) is 0 Å². The molecule has 0 radical (unpaired) electrons. The standard InChI is InChI=1S/C13H18N2O5/c1-7(16)15-6-11(17)12(18)8-3-4-10(14)9(5-8)13(19)20-2/h3-5,11-12,17-18H,6,14H2,1-2H3,(H,15,16). The van der Waals surface area contributed by atoms with Crippen molar-refractivity contribution in [2.24, 2.45) is 0 Å². The maximum absolute atomic E-state index is 11.5. The minimum atomic E-state index is -1.26. The summed E-state index contributed by atoms with van der Waals surface area (Å²) in [6, 6.07) is 4.28. The van der Waals surface area contributed by atoms with Crippen molar-refractivity contribution in [3.05, 3.63) is 29.3 Å². The van der Waals surface area contributed by atoms with Gasteiger partial charge in [0, 0.05) is 19.2 Å². The van der Waals surface area contributed by atoms with E-state index in [1.807, 2.05) is 0 Å². The molecule has 0 bridgehead atoms. The van der Waals surface area contributed by atoms with Gasteiger partial charge in [-0.15, -0.1) is 0 Å². The summed E-state index contributed by atoms with van der Waals surface area (Å²) in [5.74, 6) is -0.947. The van der Waals surface area contributed by atoms with Crippen molar-refractivity contribution in [3.63, 3.8) is 0 Å². The molecule has 0 aliphatic carbocycles. The van der Waals surface area contributed by atoms with E-state index in [-0.39, 0.29) is 23.7 Å². The predicted octanol–water partition coefficient (Wildman–Crippen LogP) is -0.414. The fourth-order valence-electron chi connectivity index (χ4n) is 1.63. The summed E-state index contributed by atoms with van der Waals surface area (Å²) < 4.78 is 4.57. The smallest absolute Gasteiger partial charge is 0.339 e. The van der Waals surface area contributed by atoms with E-state index in [1.54, 1.807) is 0 Å². The maximum Gasteiger partial charge on any atom is 0.339 e. The van der Waals surface area contributed by atoms with Crippen molar-refractivity contribution in [2.45, 2.75) is 19.1 Å². The molecule has 0 saturated carbocycles. The van der Waals surface area contributed by atoms with E-state index < -0.39 is 18.2 Å². The first-order valence-corrected chi connectivity index (χ1v) is 5.95. The Balaban J connectivity index is 2.90. The highest BCUT2D eigenvalue weighted by Gasteiger charge is 2.21. The Labute approximate surface area is 116 Å². The Morgan fingerprint density at radius 1 is 1.40 bits per heavy atom. The number of carbonyl (C=O) groups is 2. The lowest BCUT2D eigenvalue weighted by Crippen LogP contribution is -2.34. The largest absolute Gasteiger partial charge is 0.465 e. The summed E-state index contributed by atoms with van der Waals surface area (Å²) in [7, 11) is 1.22. The molecule has 110 valence electrons. The van der Waals surface area contributed by atoms with Crippen LogP contribution in [0, 0.1) is 0 Å². The van der Waals surface area contributed by atoms with Gasteiger partial charge in [0.25, 0.3) is 0 Å². The zero-order valence-corrected chi connectivity index (χ0v) is 11.3. The molecule has 7 heteroatoms. The molecule has 1 aromatic carbocycles. The molecule has 0 saturated heterocycles.